The number of hydrogen-bond donors (Lipinski definition) is 2. The molecule has 2 aromatic rings. The van der Waals surface area contributed by atoms with Gasteiger partial charge >= 0.3 is 0 Å². The zero-order valence-electron chi connectivity index (χ0n) is 10.7. The second kappa shape index (κ2) is 5.64. The molecule has 0 bridgehead atoms. The number of hydrogen-bond acceptors (Lipinski definition) is 3. The number of carbonyl (C=O) groups is 1. The van der Waals surface area contributed by atoms with Crippen LogP contribution in [-0.2, 0) is 14.5 Å². The Hall–Kier alpha value is -1.85. The van der Waals surface area contributed by atoms with Gasteiger partial charge in [-0.25, -0.2) is 8.99 Å². The van der Waals surface area contributed by atoms with E-state index in [0.29, 0.717) is 15.6 Å². The van der Waals surface area contributed by atoms with Crippen LogP contribution < -0.4 is 5.32 Å². The minimum absolute atomic E-state index is 0.200. The normalized spacial score (nSPS) is 13.5. The van der Waals surface area contributed by atoms with E-state index in [1.807, 2.05) is 0 Å². The molecule has 2 aromatic carbocycles. The molecule has 2 rings (SSSR count). The molecule has 0 saturated heterocycles. The van der Waals surface area contributed by atoms with Crippen molar-refractivity contribution in [2.75, 3.05) is 5.32 Å². The molecule has 1 amide bonds. The molecule has 0 aliphatic carbocycles. The molecule has 0 spiro atoms. The van der Waals surface area contributed by atoms with Crippen LogP contribution in [0.4, 0.5) is 5.69 Å². The second-order valence-electron chi connectivity index (χ2n) is 4.19. The Balaban J connectivity index is 2.62. The van der Waals surface area contributed by atoms with Gasteiger partial charge in [0.15, 0.2) is 0 Å². The second-order valence-corrected chi connectivity index (χ2v) is 6.65. The molecule has 6 heteroatoms. The summed E-state index contributed by atoms with van der Waals surface area (Å²) in [5, 5.41) is 2.95. The first-order valence-corrected chi connectivity index (χ1v) is 7.76. The lowest BCUT2D eigenvalue weighted by molar-refractivity contribution is -0.114. The van der Waals surface area contributed by atoms with Crippen LogP contribution in [-0.4, -0.2) is 10.1 Å². The molecule has 1 atom stereocenters. The van der Waals surface area contributed by atoms with Gasteiger partial charge in [0.05, 0.1) is 15.5 Å². The van der Waals surface area contributed by atoms with E-state index in [4.69, 9.17) is 16.4 Å². The van der Waals surface area contributed by atoms with E-state index in [1.165, 1.54) is 13.0 Å². The van der Waals surface area contributed by atoms with Crippen molar-refractivity contribution in [1.82, 2.24) is 0 Å². The largest absolute Gasteiger partial charge is 0.325 e. The van der Waals surface area contributed by atoms with Crippen molar-refractivity contribution in [3.63, 3.8) is 0 Å². The van der Waals surface area contributed by atoms with E-state index in [1.54, 1.807) is 42.5 Å². The van der Waals surface area contributed by atoms with Crippen LogP contribution in [0.25, 0.3) is 0 Å². The lowest BCUT2D eigenvalue weighted by Crippen LogP contribution is -2.10. The number of halogens is 1. The highest BCUT2D eigenvalue weighted by Gasteiger charge is 2.18. The van der Waals surface area contributed by atoms with Crippen molar-refractivity contribution in [3.05, 3.63) is 53.6 Å². The van der Waals surface area contributed by atoms with Crippen molar-refractivity contribution in [3.8, 4) is 0 Å². The van der Waals surface area contributed by atoms with E-state index in [2.05, 4.69) is 5.32 Å². The van der Waals surface area contributed by atoms with Crippen LogP contribution in [0.15, 0.2) is 58.3 Å². The molecule has 0 saturated carbocycles. The predicted molar refractivity (Wildman–Crippen MR) is 79.6 cm³/mol. The van der Waals surface area contributed by atoms with E-state index < -0.39 is 9.73 Å². The lowest BCUT2D eigenvalue weighted by Gasteiger charge is -2.13. The van der Waals surface area contributed by atoms with Crippen molar-refractivity contribution >= 4 is 32.9 Å². The van der Waals surface area contributed by atoms with Crippen LogP contribution in [0.3, 0.4) is 0 Å². The van der Waals surface area contributed by atoms with Gasteiger partial charge in [0.25, 0.3) is 0 Å². The highest BCUT2D eigenvalue weighted by atomic mass is 35.5. The van der Waals surface area contributed by atoms with E-state index in [9.17, 15) is 9.00 Å². The van der Waals surface area contributed by atoms with Gasteiger partial charge in [0.2, 0.25) is 5.91 Å². The standard InChI is InChI=1S/C14H13ClN2O2S/c1-10(18)17-13-8-7-11(15)9-14(13)20(16,19)12-5-3-2-4-6-12/h2-9,16H,1H3,(H,17,18). The van der Waals surface area contributed by atoms with Gasteiger partial charge in [-0.05, 0) is 30.3 Å². The van der Waals surface area contributed by atoms with Gasteiger partial charge in [0.1, 0.15) is 9.73 Å². The molecule has 0 aromatic heterocycles. The summed E-state index contributed by atoms with van der Waals surface area (Å²) in [6, 6.07) is 13.0. The highest BCUT2D eigenvalue weighted by Crippen LogP contribution is 2.30. The quantitative estimate of drug-likeness (QED) is 0.906. The molecule has 20 heavy (non-hydrogen) atoms. The summed E-state index contributed by atoms with van der Waals surface area (Å²) < 4.78 is 21.0. The smallest absolute Gasteiger partial charge is 0.221 e. The van der Waals surface area contributed by atoms with Crippen molar-refractivity contribution in [1.29, 1.82) is 4.78 Å². The molecular formula is C14H13ClN2O2S. The number of rotatable bonds is 3. The number of nitrogens with one attached hydrogen (secondary N) is 2. The fourth-order valence-electron chi connectivity index (χ4n) is 1.77. The summed E-state index contributed by atoms with van der Waals surface area (Å²) in [4.78, 5) is 11.8. The molecule has 104 valence electrons. The Morgan fingerprint density at radius 3 is 2.45 bits per heavy atom. The maximum Gasteiger partial charge on any atom is 0.221 e. The average molecular weight is 309 g/mol. The van der Waals surface area contributed by atoms with Gasteiger partial charge in [-0.1, -0.05) is 29.8 Å². The van der Waals surface area contributed by atoms with Gasteiger partial charge < -0.3 is 5.32 Å². The summed E-state index contributed by atoms with van der Waals surface area (Å²) in [6.07, 6.45) is 0. The molecular weight excluding hydrogens is 296 g/mol. The lowest BCUT2D eigenvalue weighted by atomic mass is 10.3. The van der Waals surface area contributed by atoms with Crippen LogP contribution >= 0.6 is 11.6 Å². The Morgan fingerprint density at radius 2 is 1.85 bits per heavy atom. The molecule has 0 heterocycles. The molecule has 1 unspecified atom stereocenters. The molecule has 0 radical (unpaired) electrons. The summed E-state index contributed by atoms with van der Waals surface area (Å²) in [6.45, 7) is 1.35. The molecule has 0 aliphatic rings. The maximum absolute atomic E-state index is 12.8. The summed E-state index contributed by atoms with van der Waals surface area (Å²) in [5.41, 5.74) is 0.339. The Kier molecular flexibility index (Phi) is 4.11. The maximum atomic E-state index is 12.8. The SMILES string of the molecule is CC(=O)Nc1ccc(Cl)cc1S(=N)(=O)c1ccccc1. The Morgan fingerprint density at radius 1 is 1.20 bits per heavy atom. The fourth-order valence-corrected chi connectivity index (χ4v) is 3.52. The van der Waals surface area contributed by atoms with Crippen molar-refractivity contribution < 1.29 is 9.00 Å². The number of anilines is 1. The van der Waals surface area contributed by atoms with E-state index >= 15 is 0 Å². The van der Waals surface area contributed by atoms with Crippen molar-refractivity contribution in [2.24, 2.45) is 0 Å². The van der Waals surface area contributed by atoms with Crippen LogP contribution in [0, 0.1) is 4.78 Å². The number of carbonyl (C=O) groups excluding carboxylic acids is 1. The summed E-state index contributed by atoms with van der Waals surface area (Å²) >= 11 is 5.93. The Labute approximate surface area is 122 Å². The van der Waals surface area contributed by atoms with E-state index in [0.717, 1.165) is 0 Å². The highest BCUT2D eigenvalue weighted by molar-refractivity contribution is 7.92. The van der Waals surface area contributed by atoms with Gasteiger partial charge in [-0.15, -0.1) is 0 Å². The van der Waals surface area contributed by atoms with Gasteiger partial charge in [-0.3, -0.25) is 4.79 Å². The number of benzene rings is 2. The predicted octanol–water partition coefficient (Wildman–Crippen LogP) is 3.76. The zero-order chi connectivity index (χ0) is 14.8. The minimum Gasteiger partial charge on any atom is -0.325 e. The van der Waals surface area contributed by atoms with Crippen molar-refractivity contribution in [2.45, 2.75) is 16.7 Å². The summed E-state index contributed by atoms with van der Waals surface area (Å²) in [5.74, 6) is -0.295. The van der Waals surface area contributed by atoms with Crippen LogP contribution in [0.1, 0.15) is 6.92 Å². The van der Waals surface area contributed by atoms with E-state index in [-0.39, 0.29) is 10.8 Å². The molecule has 0 aliphatic heterocycles. The first-order valence-electron chi connectivity index (χ1n) is 5.82. The third kappa shape index (κ3) is 3.00. The Bertz CT molecular complexity index is 743. The minimum atomic E-state index is -3.24. The van der Waals surface area contributed by atoms with Gasteiger partial charge in [-0.2, -0.15) is 0 Å². The topological polar surface area (TPSA) is 70.0 Å². The molecule has 2 N–H and O–H groups in total. The third-order valence-corrected chi connectivity index (χ3v) is 4.77. The van der Waals surface area contributed by atoms with Gasteiger partial charge in [0, 0.05) is 11.9 Å². The van der Waals surface area contributed by atoms with Crippen LogP contribution in [0.5, 0.6) is 0 Å². The summed E-state index contributed by atoms with van der Waals surface area (Å²) in [7, 11) is -3.24. The first kappa shape index (κ1) is 14.6. The number of amides is 1. The van der Waals surface area contributed by atoms with Crippen LogP contribution in [0.2, 0.25) is 5.02 Å². The molecule has 4 nitrogen and oxygen atoms in total. The molecule has 0 fully saturated rings. The monoisotopic (exact) mass is 308 g/mol. The average Bonchev–Trinajstić information content (AvgIpc) is 2.41. The first-order chi connectivity index (χ1) is 9.41. The zero-order valence-corrected chi connectivity index (χ0v) is 12.3. The third-order valence-electron chi connectivity index (χ3n) is 2.64. The fraction of sp³-hybridized carbons (Fsp3) is 0.0714.